The molecule has 1 aliphatic heterocycles. The Kier molecular flexibility index (Phi) is 5.08. The van der Waals surface area contributed by atoms with Crippen molar-refractivity contribution in [1.29, 1.82) is 0 Å². The van der Waals surface area contributed by atoms with Crippen molar-refractivity contribution in [3.05, 3.63) is 62.3 Å². The van der Waals surface area contributed by atoms with Gasteiger partial charge in [0.2, 0.25) is 5.91 Å². The Morgan fingerprint density at radius 1 is 1.36 bits per heavy atom. The van der Waals surface area contributed by atoms with E-state index in [1.807, 2.05) is 16.8 Å². The van der Waals surface area contributed by atoms with Gasteiger partial charge in [0.25, 0.3) is 11.6 Å². The molecule has 1 aromatic carbocycles. The van der Waals surface area contributed by atoms with Crippen molar-refractivity contribution in [2.24, 2.45) is 0 Å². The molecular weight excluding hydrogens is 342 g/mol. The van der Waals surface area contributed by atoms with Crippen molar-refractivity contribution in [3.8, 4) is 0 Å². The molecule has 1 N–H and O–H groups in total. The maximum absolute atomic E-state index is 12.5. The quantitative estimate of drug-likeness (QED) is 0.656. The molecule has 0 aliphatic carbocycles. The lowest BCUT2D eigenvalue weighted by molar-refractivity contribution is -0.384. The van der Waals surface area contributed by atoms with Crippen LogP contribution in [-0.4, -0.2) is 34.7 Å². The molecule has 1 atom stereocenters. The summed E-state index contributed by atoms with van der Waals surface area (Å²) in [6, 6.07) is 7.52. The SMILES string of the molecule is O=C(NCC(=O)N1CCCC1c1ccsc1)c1cccc([N+](=O)[O-])c1. The van der Waals surface area contributed by atoms with Crippen LogP contribution in [-0.2, 0) is 4.79 Å². The summed E-state index contributed by atoms with van der Waals surface area (Å²) in [5, 5.41) is 17.4. The number of nitrogens with zero attached hydrogens (tertiary/aromatic N) is 2. The lowest BCUT2D eigenvalue weighted by atomic mass is 10.1. The molecule has 1 aliphatic rings. The minimum atomic E-state index is -0.558. The second-order valence-electron chi connectivity index (χ2n) is 5.79. The number of non-ortho nitro benzene ring substituents is 1. The van der Waals surface area contributed by atoms with Gasteiger partial charge in [0.15, 0.2) is 0 Å². The standard InChI is InChI=1S/C17H17N3O4S/c21-16(19-7-2-5-15(19)13-6-8-25-11-13)10-18-17(22)12-3-1-4-14(9-12)20(23)24/h1,3-4,6,8-9,11,15H,2,5,7,10H2,(H,18,22). The highest BCUT2D eigenvalue weighted by molar-refractivity contribution is 7.08. The Balaban J connectivity index is 1.61. The van der Waals surface area contributed by atoms with Crippen LogP contribution in [0.15, 0.2) is 41.1 Å². The Labute approximate surface area is 148 Å². The van der Waals surface area contributed by atoms with Crippen LogP contribution in [0.5, 0.6) is 0 Å². The maximum Gasteiger partial charge on any atom is 0.270 e. The summed E-state index contributed by atoms with van der Waals surface area (Å²) in [4.78, 5) is 36.6. The van der Waals surface area contributed by atoms with Gasteiger partial charge in [-0.05, 0) is 41.3 Å². The molecule has 130 valence electrons. The predicted octanol–water partition coefficient (Wildman–Crippen LogP) is 2.75. The molecule has 1 fully saturated rings. The highest BCUT2D eigenvalue weighted by Crippen LogP contribution is 2.32. The molecule has 0 spiro atoms. The topological polar surface area (TPSA) is 92.6 Å². The average molecular weight is 359 g/mol. The fraction of sp³-hybridized carbons (Fsp3) is 0.294. The number of hydrogen-bond donors (Lipinski definition) is 1. The second kappa shape index (κ2) is 7.43. The molecule has 1 aromatic heterocycles. The third-order valence-corrected chi connectivity index (χ3v) is 4.92. The number of nitrogens with one attached hydrogen (secondary N) is 1. The number of benzene rings is 1. The molecule has 0 radical (unpaired) electrons. The van der Waals surface area contributed by atoms with Gasteiger partial charge in [-0.2, -0.15) is 11.3 Å². The minimum absolute atomic E-state index is 0.0634. The zero-order valence-corrected chi connectivity index (χ0v) is 14.2. The van der Waals surface area contributed by atoms with E-state index >= 15 is 0 Å². The van der Waals surface area contributed by atoms with Gasteiger partial charge in [0, 0.05) is 24.2 Å². The summed E-state index contributed by atoms with van der Waals surface area (Å²) in [6.07, 6.45) is 1.85. The van der Waals surface area contributed by atoms with Gasteiger partial charge in [-0.1, -0.05) is 6.07 Å². The van der Waals surface area contributed by atoms with Crippen LogP contribution >= 0.6 is 11.3 Å². The van der Waals surface area contributed by atoms with E-state index in [2.05, 4.69) is 5.32 Å². The molecule has 25 heavy (non-hydrogen) atoms. The highest BCUT2D eigenvalue weighted by Gasteiger charge is 2.30. The first-order valence-electron chi connectivity index (χ1n) is 7.90. The lowest BCUT2D eigenvalue weighted by Gasteiger charge is -2.24. The van der Waals surface area contributed by atoms with E-state index in [1.165, 1.54) is 24.3 Å². The van der Waals surface area contributed by atoms with Crippen molar-refractivity contribution in [3.63, 3.8) is 0 Å². The van der Waals surface area contributed by atoms with Crippen molar-refractivity contribution < 1.29 is 14.5 Å². The zero-order chi connectivity index (χ0) is 17.8. The van der Waals surface area contributed by atoms with Crippen molar-refractivity contribution in [1.82, 2.24) is 10.2 Å². The lowest BCUT2D eigenvalue weighted by Crippen LogP contribution is -2.39. The van der Waals surface area contributed by atoms with Crippen LogP contribution in [0.25, 0.3) is 0 Å². The van der Waals surface area contributed by atoms with Crippen LogP contribution in [0.4, 0.5) is 5.69 Å². The maximum atomic E-state index is 12.5. The number of nitro groups is 1. The van der Waals surface area contributed by atoms with Crippen LogP contribution in [0.1, 0.15) is 34.8 Å². The molecule has 1 saturated heterocycles. The first kappa shape index (κ1) is 17.1. The molecule has 0 saturated carbocycles. The van der Waals surface area contributed by atoms with Gasteiger partial charge >= 0.3 is 0 Å². The van der Waals surface area contributed by atoms with E-state index in [-0.39, 0.29) is 29.7 Å². The van der Waals surface area contributed by atoms with Crippen LogP contribution in [0, 0.1) is 10.1 Å². The van der Waals surface area contributed by atoms with Crippen LogP contribution in [0.3, 0.4) is 0 Å². The largest absolute Gasteiger partial charge is 0.343 e. The molecule has 1 unspecified atom stereocenters. The summed E-state index contributed by atoms with van der Waals surface area (Å²) in [5.41, 5.74) is 1.13. The summed E-state index contributed by atoms with van der Waals surface area (Å²) < 4.78 is 0. The average Bonchev–Trinajstić information content (AvgIpc) is 3.30. The first-order valence-corrected chi connectivity index (χ1v) is 8.85. The monoisotopic (exact) mass is 359 g/mol. The number of hydrogen-bond acceptors (Lipinski definition) is 5. The Hall–Kier alpha value is -2.74. The van der Waals surface area contributed by atoms with E-state index in [0.29, 0.717) is 6.54 Å². The molecule has 2 amide bonds. The fourth-order valence-corrected chi connectivity index (χ4v) is 3.70. The Morgan fingerprint density at radius 3 is 2.92 bits per heavy atom. The van der Waals surface area contributed by atoms with Gasteiger partial charge in [-0.3, -0.25) is 19.7 Å². The van der Waals surface area contributed by atoms with Gasteiger partial charge in [0.05, 0.1) is 17.5 Å². The number of nitro benzene ring substituents is 1. The normalized spacial score (nSPS) is 16.6. The molecule has 0 bridgehead atoms. The van der Waals surface area contributed by atoms with Gasteiger partial charge in [-0.25, -0.2) is 0 Å². The van der Waals surface area contributed by atoms with E-state index in [0.717, 1.165) is 18.4 Å². The number of thiophene rings is 1. The molecule has 8 heteroatoms. The third-order valence-electron chi connectivity index (χ3n) is 4.22. The summed E-state index contributed by atoms with van der Waals surface area (Å²) in [6.45, 7) is 0.550. The van der Waals surface area contributed by atoms with E-state index < -0.39 is 10.8 Å². The molecule has 2 aromatic rings. The minimum Gasteiger partial charge on any atom is -0.343 e. The summed E-state index contributed by atoms with van der Waals surface area (Å²) in [7, 11) is 0. The number of carbonyl (C=O) groups is 2. The number of carbonyl (C=O) groups excluding carboxylic acids is 2. The number of rotatable bonds is 5. The van der Waals surface area contributed by atoms with Crippen molar-refractivity contribution in [2.45, 2.75) is 18.9 Å². The number of likely N-dealkylation sites (tertiary alicyclic amines) is 1. The van der Waals surface area contributed by atoms with Gasteiger partial charge < -0.3 is 10.2 Å². The smallest absolute Gasteiger partial charge is 0.270 e. The van der Waals surface area contributed by atoms with E-state index in [9.17, 15) is 19.7 Å². The van der Waals surface area contributed by atoms with E-state index in [4.69, 9.17) is 0 Å². The molecule has 2 heterocycles. The van der Waals surface area contributed by atoms with Crippen molar-refractivity contribution >= 4 is 28.8 Å². The fourth-order valence-electron chi connectivity index (χ4n) is 3.00. The van der Waals surface area contributed by atoms with Gasteiger partial charge in [0.1, 0.15) is 0 Å². The first-order chi connectivity index (χ1) is 12.1. The second-order valence-corrected chi connectivity index (χ2v) is 6.57. The van der Waals surface area contributed by atoms with Crippen LogP contribution in [0.2, 0.25) is 0 Å². The summed E-state index contributed by atoms with van der Waals surface area (Å²) >= 11 is 1.60. The van der Waals surface area contributed by atoms with E-state index in [1.54, 1.807) is 16.2 Å². The molecule has 7 nitrogen and oxygen atoms in total. The Bertz CT molecular complexity index is 791. The predicted molar refractivity (Wildman–Crippen MR) is 93.4 cm³/mol. The molecule has 3 rings (SSSR count). The van der Waals surface area contributed by atoms with Crippen molar-refractivity contribution in [2.75, 3.05) is 13.1 Å². The van der Waals surface area contributed by atoms with Crippen LogP contribution < -0.4 is 5.32 Å². The zero-order valence-electron chi connectivity index (χ0n) is 13.4. The third kappa shape index (κ3) is 3.85. The molecular formula is C17H17N3O4S. The number of amides is 2. The highest BCUT2D eigenvalue weighted by atomic mass is 32.1. The Morgan fingerprint density at radius 2 is 2.20 bits per heavy atom. The van der Waals surface area contributed by atoms with Gasteiger partial charge in [-0.15, -0.1) is 0 Å². The summed E-state index contributed by atoms with van der Waals surface area (Å²) in [5.74, 6) is -0.643.